The van der Waals surface area contributed by atoms with E-state index in [-0.39, 0.29) is 12.0 Å². The Kier molecular flexibility index (Phi) is 4.55. The lowest BCUT2D eigenvalue weighted by atomic mass is 9.91. The highest BCUT2D eigenvalue weighted by Gasteiger charge is 2.30. The molecule has 1 aromatic heterocycles. The predicted molar refractivity (Wildman–Crippen MR) is 79.1 cm³/mol. The number of aryl methyl sites for hydroxylation is 1. The molecule has 2 aliphatic rings. The lowest BCUT2D eigenvalue weighted by molar-refractivity contribution is -0.146. The van der Waals surface area contributed by atoms with E-state index in [1.165, 1.54) is 5.56 Å². The molecule has 0 aromatic carbocycles. The van der Waals surface area contributed by atoms with E-state index >= 15 is 0 Å². The van der Waals surface area contributed by atoms with Gasteiger partial charge in [-0.05, 0) is 31.2 Å². The van der Waals surface area contributed by atoms with Crippen molar-refractivity contribution >= 4 is 5.91 Å². The average Bonchev–Trinajstić information content (AvgIpc) is 3.04. The number of rotatable bonds is 3. The van der Waals surface area contributed by atoms with E-state index in [0.29, 0.717) is 19.1 Å². The van der Waals surface area contributed by atoms with Gasteiger partial charge >= 0.3 is 0 Å². The van der Waals surface area contributed by atoms with Crippen molar-refractivity contribution in [2.75, 3.05) is 32.8 Å². The van der Waals surface area contributed by atoms with Crippen molar-refractivity contribution in [1.82, 2.24) is 20.0 Å². The van der Waals surface area contributed by atoms with Crippen LogP contribution >= 0.6 is 0 Å². The highest BCUT2D eigenvalue weighted by molar-refractivity contribution is 5.81. The summed E-state index contributed by atoms with van der Waals surface area (Å²) in [6.07, 6.45) is 5.84. The fourth-order valence-corrected chi connectivity index (χ4v) is 3.12. The first-order valence-corrected chi connectivity index (χ1v) is 7.91. The highest BCUT2D eigenvalue weighted by atomic mass is 16.5. The largest absolute Gasteiger partial charge is 0.366 e. The Morgan fingerprint density at radius 1 is 1.48 bits per heavy atom. The zero-order chi connectivity index (χ0) is 14.7. The first-order valence-electron chi connectivity index (χ1n) is 7.91. The van der Waals surface area contributed by atoms with Gasteiger partial charge in [-0.2, -0.15) is 5.10 Å². The van der Waals surface area contributed by atoms with Crippen LogP contribution in [0.1, 0.15) is 31.2 Å². The number of nitrogens with one attached hydrogen (secondary N) is 1. The normalized spacial score (nSPS) is 24.2. The molecule has 21 heavy (non-hydrogen) atoms. The van der Waals surface area contributed by atoms with E-state index in [2.05, 4.69) is 23.5 Å². The molecule has 0 radical (unpaired) electrons. The summed E-state index contributed by atoms with van der Waals surface area (Å²) in [6, 6.07) is 0. The molecule has 1 atom stereocenters. The number of morpholine rings is 1. The molecular weight excluding hydrogens is 268 g/mol. The third-order valence-corrected chi connectivity index (χ3v) is 4.46. The van der Waals surface area contributed by atoms with Crippen molar-refractivity contribution in [2.24, 2.45) is 0 Å². The Balaban J connectivity index is 1.53. The molecule has 0 bridgehead atoms. The second-order valence-electron chi connectivity index (χ2n) is 5.79. The summed E-state index contributed by atoms with van der Waals surface area (Å²) in [5.41, 5.74) is 1.31. The highest BCUT2D eigenvalue weighted by Crippen LogP contribution is 2.28. The van der Waals surface area contributed by atoms with Crippen molar-refractivity contribution in [3.8, 4) is 0 Å². The van der Waals surface area contributed by atoms with Crippen LogP contribution in [0.25, 0.3) is 0 Å². The van der Waals surface area contributed by atoms with Gasteiger partial charge in [-0.1, -0.05) is 0 Å². The molecule has 1 aromatic rings. The van der Waals surface area contributed by atoms with E-state index in [1.807, 2.05) is 15.8 Å². The van der Waals surface area contributed by atoms with Gasteiger partial charge < -0.3 is 15.0 Å². The van der Waals surface area contributed by atoms with E-state index < -0.39 is 0 Å². The summed E-state index contributed by atoms with van der Waals surface area (Å²) in [7, 11) is 0. The zero-order valence-electron chi connectivity index (χ0n) is 12.6. The fraction of sp³-hybridized carbons (Fsp3) is 0.733. The van der Waals surface area contributed by atoms with E-state index in [9.17, 15) is 4.79 Å². The number of amides is 1. The number of hydrogen-bond donors (Lipinski definition) is 1. The molecule has 0 aliphatic carbocycles. The number of hydrogen-bond acceptors (Lipinski definition) is 4. The molecule has 1 unspecified atom stereocenters. The summed E-state index contributed by atoms with van der Waals surface area (Å²) >= 11 is 0. The van der Waals surface area contributed by atoms with Crippen LogP contribution in [0.5, 0.6) is 0 Å². The predicted octanol–water partition coefficient (Wildman–Crippen LogP) is 0.597. The van der Waals surface area contributed by atoms with Crippen LogP contribution in [-0.4, -0.2) is 59.5 Å². The fourth-order valence-electron chi connectivity index (χ4n) is 3.12. The van der Waals surface area contributed by atoms with Gasteiger partial charge in [0.1, 0.15) is 6.10 Å². The third kappa shape index (κ3) is 3.27. The van der Waals surface area contributed by atoms with Gasteiger partial charge in [-0.25, -0.2) is 0 Å². The maximum Gasteiger partial charge on any atom is 0.253 e. The third-order valence-electron chi connectivity index (χ3n) is 4.46. The second-order valence-corrected chi connectivity index (χ2v) is 5.79. The van der Waals surface area contributed by atoms with E-state index in [0.717, 1.165) is 39.0 Å². The monoisotopic (exact) mass is 292 g/mol. The molecule has 6 heteroatoms. The number of nitrogens with zero attached hydrogens (tertiary/aromatic N) is 3. The van der Waals surface area contributed by atoms with Gasteiger partial charge in [0.2, 0.25) is 0 Å². The van der Waals surface area contributed by atoms with Crippen molar-refractivity contribution < 1.29 is 9.53 Å². The molecular formula is C15H24N4O2. The summed E-state index contributed by atoms with van der Waals surface area (Å²) in [6.45, 7) is 6.75. The number of likely N-dealkylation sites (tertiary alicyclic amines) is 1. The number of aromatic nitrogens is 2. The van der Waals surface area contributed by atoms with Crippen LogP contribution in [0.3, 0.4) is 0 Å². The maximum absolute atomic E-state index is 12.4. The Morgan fingerprint density at radius 2 is 2.29 bits per heavy atom. The summed E-state index contributed by atoms with van der Waals surface area (Å²) in [5, 5.41) is 7.56. The van der Waals surface area contributed by atoms with Crippen LogP contribution < -0.4 is 5.32 Å². The minimum Gasteiger partial charge on any atom is -0.366 e. The van der Waals surface area contributed by atoms with Crippen LogP contribution in [0.2, 0.25) is 0 Å². The second kappa shape index (κ2) is 6.58. The number of ether oxygens (including phenoxy) is 1. The first-order chi connectivity index (χ1) is 10.3. The first kappa shape index (κ1) is 14.5. The molecule has 0 spiro atoms. The number of carbonyl (C=O) groups excluding carboxylic acids is 1. The van der Waals surface area contributed by atoms with Crippen molar-refractivity contribution in [2.45, 2.75) is 38.3 Å². The van der Waals surface area contributed by atoms with E-state index in [1.54, 1.807) is 0 Å². The number of piperidine rings is 1. The van der Waals surface area contributed by atoms with Crippen LogP contribution in [0, 0.1) is 0 Å². The molecule has 2 fully saturated rings. The van der Waals surface area contributed by atoms with E-state index in [4.69, 9.17) is 4.74 Å². The Hall–Kier alpha value is -1.40. The molecule has 1 amide bonds. The molecule has 3 heterocycles. The maximum atomic E-state index is 12.4. The smallest absolute Gasteiger partial charge is 0.253 e. The zero-order valence-corrected chi connectivity index (χ0v) is 12.6. The molecule has 2 aliphatic heterocycles. The summed E-state index contributed by atoms with van der Waals surface area (Å²) in [4.78, 5) is 14.3. The van der Waals surface area contributed by atoms with Crippen molar-refractivity contribution in [3.63, 3.8) is 0 Å². The number of carbonyl (C=O) groups is 1. The summed E-state index contributed by atoms with van der Waals surface area (Å²) < 4.78 is 7.52. The lowest BCUT2D eigenvalue weighted by Crippen LogP contribution is -2.51. The molecule has 2 saturated heterocycles. The minimum absolute atomic E-state index is 0.143. The summed E-state index contributed by atoms with van der Waals surface area (Å²) in [5.74, 6) is 0.671. The van der Waals surface area contributed by atoms with Gasteiger partial charge in [0.05, 0.1) is 12.8 Å². The molecule has 1 N–H and O–H groups in total. The SMILES string of the molecule is CCn1cc(C2CCN(C(=O)C3CNCCO3)CC2)cn1. The Bertz CT molecular complexity index is 474. The Labute approximate surface area is 125 Å². The minimum atomic E-state index is -0.293. The van der Waals surface area contributed by atoms with Gasteiger partial charge in [0.25, 0.3) is 5.91 Å². The Morgan fingerprint density at radius 3 is 2.90 bits per heavy atom. The standard InChI is InChI=1S/C15H24N4O2/c1-2-19-11-13(9-17-19)12-3-6-18(7-4-12)15(20)14-10-16-5-8-21-14/h9,11-12,14,16H,2-8,10H2,1H3. The van der Waals surface area contributed by atoms with Crippen LogP contribution in [0.4, 0.5) is 0 Å². The molecule has 0 saturated carbocycles. The lowest BCUT2D eigenvalue weighted by Gasteiger charge is -2.35. The quantitative estimate of drug-likeness (QED) is 0.886. The van der Waals surface area contributed by atoms with Gasteiger partial charge in [-0.3, -0.25) is 9.48 Å². The van der Waals surface area contributed by atoms with Gasteiger partial charge in [-0.15, -0.1) is 0 Å². The van der Waals surface area contributed by atoms with Crippen molar-refractivity contribution in [3.05, 3.63) is 18.0 Å². The average molecular weight is 292 g/mol. The molecule has 3 rings (SSSR count). The van der Waals surface area contributed by atoms with Gasteiger partial charge in [0.15, 0.2) is 0 Å². The molecule has 6 nitrogen and oxygen atoms in total. The van der Waals surface area contributed by atoms with Crippen LogP contribution in [-0.2, 0) is 16.1 Å². The molecule has 116 valence electrons. The van der Waals surface area contributed by atoms with Gasteiger partial charge in [0, 0.05) is 38.9 Å². The van der Waals surface area contributed by atoms with Crippen molar-refractivity contribution in [1.29, 1.82) is 0 Å². The topological polar surface area (TPSA) is 59.4 Å². The van der Waals surface area contributed by atoms with Crippen LogP contribution in [0.15, 0.2) is 12.4 Å².